The van der Waals surface area contributed by atoms with E-state index in [2.05, 4.69) is 5.32 Å². The minimum Gasteiger partial charge on any atom is -0.466 e. The molecule has 1 aliphatic heterocycles. The van der Waals surface area contributed by atoms with Crippen molar-refractivity contribution in [3.63, 3.8) is 0 Å². The van der Waals surface area contributed by atoms with Gasteiger partial charge in [0.1, 0.15) is 0 Å². The number of rotatable bonds is 5. The number of hydrogen-bond acceptors (Lipinski definition) is 7. The van der Waals surface area contributed by atoms with E-state index in [9.17, 15) is 19.7 Å². The molecular weight excluding hydrogens is 340 g/mol. The van der Waals surface area contributed by atoms with E-state index < -0.39 is 22.8 Å². The second-order valence-electron chi connectivity index (χ2n) is 6.01. The van der Waals surface area contributed by atoms with Crippen molar-refractivity contribution < 1.29 is 24.0 Å². The first-order valence-corrected chi connectivity index (χ1v) is 7.97. The van der Waals surface area contributed by atoms with Crippen molar-refractivity contribution in [2.24, 2.45) is 0 Å². The number of nitro groups is 1. The number of nitrogens with one attached hydrogen (secondary N) is 1. The van der Waals surface area contributed by atoms with E-state index in [-0.39, 0.29) is 22.9 Å². The standard InChI is InChI=1S/C18H20N2O6/c1-10(2)26-18(22)15-11(3)19-9-14(17(21)25-4)16(15)12-6-5-7-13(8-12)20(23)24/h5-10,16,19H,1-4H3. The van der Waals surface area contributed by atoms with E-state index in [1.807, 2.05) is 0 Å². The van der Waals surface area contributed by atoms with Crippen LogP contribution in [0.25, 0.3) is 0 Å². The molecule has 1 aliphatic rings. The quantitative estimate of drug-likeness (QED) is 0.488. The maximum atomic E-state index is 12.6. The third-order valence-electron chi connectivity index (χ3n) is 3.85. The molecule has 1 unspecified atom stereocenters. The summed E-state index contributed by atoms with van der Waals surface area (Å²) in [5, 5.41) is 14.0. The van der Waals surface area contributed by atoms with Gasteiger partial charge in [-0.2, -0.15) is 0 Å². The number of dihydropyridines is 1. The van der Waals surface area contributed by atoms with Crippen LogP contribution in [0.5, 0.6) is 0 Å². The lowest BCUT2D eigenvalue weighted by Crippen LogP contribution is -2.30. The molecule has 1 aromatic carbocycles. The number of methoxy groups -OCH3 is 1. The Balaban J connectivity index is 2.61. The lowest BCUT2D eigenvalue weighted by Gasteiger charge is -2.27. The van der Waals surface area contributed by atoms with Gasteiger partial charge in [0.15, 0.2) is 0 Å². The summed E-state index contributed by atoms with van der Waals surface area (Å²) in [6, 6.07) is 5.80. The topological polar surface area (TPSA) is 108 Å². The number of allylic oxidation sites excluding steroid dienone is 1. The number of nitrogens with zero attached hydrogens (tertiary/aromatic N) is 1. The second-order valence-corrected chi connectivity index (χ2v) is 6.01. The monoisotopic (exact) mass is 360 g/mol. The highest BCUT2D eigenvalue weighted by Gasteiger charge is 2.36. The molecule has 1 aromatic rings. The largest absolute Gasteiger partial charge is 0.466 e. The summed E-state index contributed by atoms with van der Waals surface area (Å²) in [5.41, 5.74) is 1.16. The Hall–Kier alpha value is -3.16. The van der Waals surface area contributed by atoms with Crippen LogP contribution in [0.4, 0.5) is 5.69 Å². The molecule has 0 spiro atoms. The molecule has 0 radical (unpaired) electrons. The van der Waals surface area contributed by atoms with Gasteiger partial charge in [-0.1, -0.05) is 12.1 Å². The molecule has 0 aliphatic carbocycles. The van der Waals surface area contributed by atoms with Crippen molar-refractivity contribution in [1.29, 1.82) is 0 Å². The van der Waals surface area contributed by atoms with Crippen LogP contribution >= 0.6 is 0 Å². The summed E-state index contributed by atoms with van der Waals surface area (Å²) in [5.74, 6) is -2.08. The fourth-order valence-electron chi connectivity index (χ4n) is 2.73. The Morgan fingerprint density at radius 2 is 1.96 bits per heavy atom. The number of hydrogen-bond donors (Lipinski definition) is 1. The number of benzene rings is 1. The normalized spacial score (nSPS) is 16.7. The van der Waals surface area contributed by atoms with Crippen molar-refractivity contribution in [3.8, 4) is 0 Å². The lowest BCUT2D eigenvalue weighted by molar-refractivity contribution is -0.384. The van der Waals surface area contributed by atoms with Crippen LogP contribution < -0.4 is 5.32 Å². The molecule has 0 fully saturated rings. The van der Waals surface area contributed by atoms with Gasteiger partial charge < -0.3 is 14.8 Å². The summed E-state index contributed by atoms with van der Waals surface area (Å²) in [6.45, 7) is 5.10. The molecule has 1 heterocycles. The summed E-state index contributed by atoms with van der Waals surface area (Å²) < 4.78 is 10.1. The number of carbonyl (C=O) groups is 2. The Morgan fingerprint density at radius 3 is 2.54 bits per heavy atom. The molecular formula is C18H20N2O6. The molecule has 0 saturated heterocycles. The third kappa shape index (κ3) is 3.90. The Kier molecular flexibility index (Phi) is 5.76. The molecule has 8 nitrogen and oxygen atoms in total. The minimum atomic E-state index is -0.838. The summed E-state index contributed by atoms with van der Waals surface area (Å²) in [6.07, 6.45) is 1.08. The number of carbonyl (C=O) groups excluding carboxylic acids is 2. The zero-order chi connectivity index (χ0) is 19.4. The molecule has 0 aromatic heterocycles. The highest BCUT2D eigenvalue weighted by Crippen LogP contribution is 2.38. The molecule has 1 N–H and O–H groups in total. The number of esters is 2. The molecule has 0 saturated carbocycles. The third-order valence-corrected chi connectivity index (χ3v) is 3.85. The van der Waals surface area contributed by atoms with Gasteiger partial charge in [-0.25, -0.2) is 9.59 Å². The van der Waals surface area contributed by atoms with Gasteiger partial charge in [0.05, 0.1) is 35.2 Å². The van der Waals surface area contributed by atoms with Crippen LogP contribution in [0.3, 0.4) is 0 Å². The van der Waals surface area contributed by atoms with Gasteiger partial charge in [0.2, 0.25) is 0 Å². The summed E-state index contributed by atoms with van der Waals surface area (Å²) in [4.78, 5) is 35.5. The smallest absolute Gasteiger partial charge is 0.337 e. The minimum absolute atomic E-state index is 0.139. The lowest BCUT2D eigenvalue weighted by atomic mass is 9.82. The van der Waals surface area contributed by atoms with E-state index in [0.29, 0.717) is 11.3 Å². The first-order valence-electron chi connectivity index (χ1n) is 7.97. The number of ether oxygens (including phenoxy) is 2. The van der Waals surface area contributed by atoms with Crippen molar-refractivity contribution in [1.82, 2.24) is 5.32 Å². The second kappa shape index (κ2) is 7.81. The zero-order valence-electron chi connectivity index (χ0n) is 14.9. The van der Waals surface area contributed by atoms with Crippen molar-refractivity contribution in [2.75, 3.05) is 7.11 Å². The predicted octanol–water partition coefficient (Wildman–Crippen LogP) is 2.56. The van der Waals surface area contributed by atoms with Gasteiger partial charge >= 0.3 is 11.9 Å². The first-order chi connectivity index (χ1) is 12.3. The molecule has 1 atom stereocenters. The van der Waals surface area contributed by atoms with Gasteiger partial charge in [-0.3, -0.25) is 10.1 Å². The van der Waals surface area contributed by atoms with Crippen LogP contribution in [0.15, 0.2) is 47.3 Å². The van der Waals surface area contributed by atoms with Crippen molar-refractivity contribution in [3.05, 3.63) is 63.0 Å². The van der Waals surface area contributed by atoms with E-state index in [0.717, 1.165) is 0 Å². The molecule has 0 amide bonds. The van der Waals surface area contributed by atoms with E-state index in [1.165, 1.54) is 31.5 Å². The highest BCUT2D eigenvalue weighted by atomic mass is 16.6. The van der Waals surface area contributed by atoms with Crippen LogP contribution in [0.1, 0.15) is 32.3 Å². The summed E-state index contributed by atoms with van der Waals surface area (Å²) >= 11 is 0. The number of nitro benzene ring substituents is 1. The fourth-order valence-corrected chi connectivity index (χ4v) is 2.73. The highest BCUT2D eigenvalue weighted by molar-refractivity contribution is 5.99. The van der Waals surface area contributed by atoms with Crippen LogP contribution in [0.2, 0.25) is 0 Å². The fraction of sp³-hybridized carbons (Fsp3) is 0.333. The predicted molar refractivity (Wildman–Crippen MR) is 93.0 cm³/mol. The molecule has 2 rings (SSSR count). The van der Waals surface area contributed by atoms with E-state index >= 15 is 0 Å². The maximum absolute atomic E-state index is 12.6. The van der Waals surface area contributed by atoms with Gasteiger partial charge in [0, 0.05) is 24.0 Å². The number of non-ortho nitro benzene ring substituents is 1. The Bertz CT molecular complexity index is 810. The Morgan fingerprint density at radius 1 is 1.27 bits per heavy atom. The van der Waals surface area contributed by atoms with Crippen LogP contribution in [-0.2, 0) is 19.1 Å². The van der Waals surface area contributed by atoms with Crippen molar-refractivity contribution >= 4 is 17.6 Å². The van der Waals surface area contributed by atoms with Crippen LogP contribution in [0, 0.1) is 10.1 Å². The van der Waals surface area contributed by atoms with E-state index in [1.54, 1.807) is 26.8 Å². The SMILES string of the molecule is COC(=O)C1=CNC(C)=C(C(=O)OC(C)C)C1c1cccc([N+](=O)[O-])c1. The zero-order valence-corrected chi connectivity index (χ0v) is 14.9. The Labute approximate surface area is 150 Å². The average Bonchev–Trinajstić information content (AvgIpc) is 2.60. The molecule has 138 valence electrons. The van der Waals surface area contributed by atoms with E-state index in [4.69, 9.17) is 9.47 Å². The molecule has 0 bridgehead atoms. The average molecular weight is 360 g/mol. The van der Waals surface area contributed by atoms with Gasteiger partial charge in [0.25, 0.3) is 5.69 Å². The molecule has 26 heavy (non-hydrogen) atoms. The van der Waals surface area contributed by atoms with Crippen molar-refractivity contribution in [2.45, 2.75) is 32.8 Å². The maximum Gasteiger partial charge on any atom is 0.337 e. The van der Waals surface area contributed by atoms with Crippen LogP contribution in [-0.4, -0.2) is 30.1 Å². The summed E-state index contributed by atoms with van der Waals surface area (Å²) in [7, 11) is 1.23. The molecule has 8 heteroatoms. The van der Waals surface area contributed by atoms with Gasteiger partial charge in [-0.15, -0.1) is 0 Å². The first kappa shape index (κ1) is 19.2. The van der Waals surface area contributed by atoms with Gasteiger partial charge in [-0.05, 0) is 26.3 Å².